The van der Waals surface area contributed by atoms with Gasteiger partial charge in [0.05, 0.1) is 7.11 Å². The smallest absolute Gasteiger partial charge is 0.430 e. The lowest BCUT2D eigenvalue weighted by Gasteiger charge is -2.21. The first-order valence-electron chi connectivity index (χ1n) is 9.01. The van der Waals surface area contributed by atoms with Crippen LogP contribution in [0, 0.1) is 5.92 Å². The van der Waals surface area contributed by atoms with Crippen molar-refractivity contribution < 1.29 is 22.7 Å². The number of alkyl halides is 3. The fourth-order valence-electron chi connectivity index (χ4n) is 2.82. The molecule has 0 unspecified atom stereocenters. The van der Waals surface area contributed by atoms with E-state index >= 15 is 0 Å². The number of nitrogens with zero attached hydrogens (tertiary/aromatic N) is 1. The molecule has 1 amide bonds. The van der Waals surface area contributed by atoms with Crippen LogP contribution >= 0.6 is 0 Å². The quantitative estimate of drug-likeness (QED) is 0.614. The molecule has 0 saturated carbocycles. The van der Waals surface area contributed by atoms with Gasteiger partial charge in [-0.3, -0.25) is 9.79 Å². The average Bonchev–Trinajstić information content (AvgIpc) is 2.69. The van der Waals surface area contributed by atoms with E-state index in [9.17, 15) is 18.0 Å². The second-order valence-electron chi connectivity index (χ2n) is 6.51. The summed E-state index contributed by atoms with van der Waals surface area (Å²) in [7, 11) is 1.50. The molecule has 0 radical (unpaired) electrons. The predicted octanol–water partition coefficient (Wildman–Crippen LogP) is 2.16. The van der Waals surface area contributed by atoms with Crippen LogP contribution < -0.4 is 21.1 Å². The van der Waals surface area contributed by atoms with Crippen LogP contribution in [-0.4, -0.2) is 44.5 Å². The van der Waals surface area contributed by atoms with Gasteiger partial charge in [-0.25, -0.2) is 0 Å². The van der Waals surface area contributed by atoms with Crippen molar-refractivity contribution >= 4 is 11.6 Å². The summed E-state index contributed by atoms with van der Waals surface area (Å²) in [6, 6.07) is 7.04. The van der Waals surface area contributed by atoms with E-state index in [-0.39, 0.29) is 24.7 Å². The largest absolute Gasteiger partial charge is 0.496 e. The highest BCUT2D eigenvalue weighted by molar-refractivity contribution is 6.43. The summed E-state index contributed by atoms with van der Waals surface area (Å²) in [5, 5.41) is 5.79. The number of methoxy groups -OCH3 is 1. The Kier molecular flexibility index (Phi) is 7.86. The molecule has 0 atom stereocenters. The van der Waals surface area contributed by atoms with E-state index in [2.05, 4.69) is 15.6 Å². The first-order valence-corrected chi connectivity index (χ1v) is 9.01. The summed E-state index contributed by atoms with van der Waals surface area (Å²) in [6.45, 7) is 2.03. The topological polar surface area (TPSA) is 88.7 Å². The molecule has 9 heteroatoms. The van der Waals surface area contributed by atoms with Crippen molar-refractivity contribution in [3.63, 3.8) is 0 Å². The Labute approximate surface area is 162 Å². The number of nitrogens with one attached hydrogen (secondary N) is 2. The number of hydrogen-bond acceptors (Lipinski definition) is 5. The molecular weight excluding hydrogens is 373 g/mol. The van der Waals surface area contributed by atoms with Gasteiger partial charge in [-0.05, 0) is 44.0 Å². The number of carbonyl (C=O) groups excluding carboxylic acids is 1. The first kappa shape index (κ1) is 21.7. The summed E-state index contributed by atoms with van der Waals surface area (Å²) < 4.78 is 43.6. The monoisotopic (exact) mass is 398 g/mol. The van der Waals surface area contributed by atoms with Crippen molar-refractivity contribution in [2.24, 2.45) is 16.6 Å². The number of carbonyl (C=O) groups is 1. The number of amides is 1. The van der Waals surface area contributed by atoms with Gasteiger partial charge in [-0.2, -0.15) is 13.2 Å². The standard InChI is InChI=1S/C19H25F3N4O2/c1-28-16-5-3-2-4-14(16)12-26-18(27)15(10-17(23)19(20,21)22)25-11-13-6-8-24-9-7-13/h2-5,10,13,24H,6-9,11-12,23H2,1H3,(H,26,27)/b17-10-,25-15?. The maximum atomic E-state index is 12.8. The normalized spacial score (nSPS) is 16.7. The molecule has 0 aromatic heterocycles. The Hall–Kier alpha value is -2.55. The summed E-state index contributed by atoms with van der Waals surface area (Å²) in [4.78, 5) is 16.6. The second-order valence-corrected chi connectivity index (χ2v) is 6.51. The van der Waals surface area contributed by atoms with E-state index in [1.165, 1.54) is 7.11 Å². The number of nitrogens with two attached hydrogens (primary N) is 1. The van der Waals surface area contributed by atoms with Crippen molar-refractivity contribution in [1.29, 1.82) is 0 Å². The molecule has 0 spiro atoms. The molecule has 4 N–H and O–H groups in total. The summed E-state index contributed by atoms with van der Waals surface area (Å²) in [5.41, 5.74) is 4.11. The predicted molar refractivity (Wildman–Crippen MR) is 101 cm³/mol. The third kappa shape index (κ3) is 6.56. The van der Waals surface area contributed by atoms with Crippen LogP contribution in [0.2, 0.25) is 0 Å². The number of benzene rings is 1. The minimum Gasteiger partial charge on any atom is -0.496 e. The van der Waals surface area contributed by atoms with Gasteiger partial charge in [0.25, 0.3) is 5.91 Å². The van der Waals surface area contributed by atoms with Crippen molar-refractivity contribution in [3.05, 3.63) is 41.6 Å². The molecule has 1 aliphatic heterocycles. The number of halogens is 3. The maximum absolute atomic E-state index is 12.8. The number of ether oxygens (including phenoxy) is 1. The summed E-state index contributed by atoms with van der Waals surface area (Å²) in [5.74, 6) is 0.0761. The van der Waals surface area contributed by atoms with Crippen LogP contribution in [0.25, 0.3) is 0 Å². The van der Waals surface area contributed by atoms with Gasteiger partial charge < -0.3 is 21.1 Å². The van der Waals surface area contributed by atoms with E-state index in [0.29, 0.717) is 17.4 Å². The minimum atomic E-state index is -4.72. The van der Waals surface area contributed by atoms with Crippen LogP contribution in [0.15, 0.2) is 41.0 Å². The number of piperidine rings is 1. The Morgan fingerprint density at radius 2 is 2.04 bits per heavy atom. The third-order valence-corrected chi connectivity index (χ3v) is 4.46. The van der Waals surface area contributed by atoms with Gasteiger partial charge in [0, 0.05) is 18.7 Å². The first-order chi connectivity index (χ1) is 13.3. The molecule has 1 saturated heterocycles. The molecule has 28 heavy (non-hydrogen) atoms. The molecule has 1 aromatic rings. The Morgan fingerprint density at radius 3 is 2.68 bits per heavy atom. The number of rotatable bonds is 7. The van der Waals surface area contributed by atoms with Crippen molar-refractivity contribution in [3.8, 4) is 5.75 Å². The molecular formula is C19H25F3N4O2. The van der Waals surface area contributed by atoms with Gasteiger partial charge in [-0.1, -0.05) is 18.2 Å². The van der Waals surface area contributed by atoms with E-state index in [4.69, 9.17) is 10.5 Å². The van der Waals surface area contributed by atoms with Crippen molar-refractivity contribution in [2.45, 2.75) is 25.6 Å². The third-order valence-electron chi connectivity index (χ3n) is 4.46. The van der Waals surface area contributed by atoms with Gasteiger partial charge in [-0.15, -0.1) is 0 Å². The SMILES string of the molecule is COc1ccccc1CNC(=O)C(/C=C(\N)C(F)(F)F)=NCC1CCNCC1. The highest BCUT2D eigenvalue weighted by atomic mass is 19.4. The fourth-order valence-corrected chi connectivity index (χ4v) is 2.82. The average molecular weight is 398 g/mol. The van der Waals surface area contributed by atoms with E-state index in [1.54, 1.807) is 24.3 Å². The van der Waals surface area contributed by atoms with E-state index < -0.39 is 17.8 Å². The molecule has 1 fully saturated rings. The molecule has 0 bridgehead atoms. The highest BCUT2D eigenvalue weighted by Gasteiger charge is 2.32. The summed E-state index contributed by atoms with van der Waals surface area (Å²) in [6.07, 6.45) is -2.41. The van der Waals surface area contributed by atoms with E-state index in [0.717, 1.165) is 25.9 Å². The van der Waals surface area contributed by atoms with Crippen LogP contribution in [0.3, 0.4) is 0 Å². The van der Waals surface area contributed by atoms with Crippen molar-refractivity contribution in [1.82, 2.24) is 10.6 Å². The molecule has 2 rings (SSSR count). The Balaban J connectivity index is 2.13. The molecule has 6 nitrogen and oxygen atoms in total. The number of allylic oxidation sites excluding steroid dienone is 1. The minimum absolute atomic E-state index is 0.0922. The van der Waals surface area contributed by atoms with Crippen LogP contribution in [0.4, 0.5) is 13.2 Å². The lowest BCUT2D eigenvalue weighted by Crippen LogP contribution is -2.33. The van der Waals surface area contributed by atoms with Gasteiger partial charge in [0.15, 0.2) is 0 Å². The molecule has 1 heterocycles. The maximum Gasteiger partial charge on any atom is 0.430 e. The van der Waals surface area contributed by atoms with Gasteiger partial charge in [0.2, 0.25) is 0 Å². The molecule has 1 aliphatic rings. The number of hydrogen-bond donors (Lipinski definition) is 3. The molecule has 1 aromatic carbocycles. The zero-order chi connectivity index (χ0) is 20.6. The molecule has 0 aliphatic carbocycles. The van der Waals surface area contributed by atoms with Crippen LogP contribution in [0.1, 0.15) is 18.4 Å². The summed E-state index contributed by atoms with van der Waals surface area (Å²) >= 11 is 0. The number of para-hydroxylation sites is 1. The van der Waals surface area contributed by atoms with Crippen molar-refractivity contribution in [2.75, 3.05) is 26.7 Å². The zero-order valence-electron chi connectivity index (χ0n) is 15.7. The lowest BCUT2D eigenvalue weighted by molar-refractivity contribution is -0.114. The van der Waals surface area contributed by atoms with Crippen LogP contribution in [-0.2, 0) is 11.3 Å². The lowest BCUT2D eigenvalue weighted by atomic mass is 9.98. The van der Waals surface area contributed by atoms with Crippen LogP contribution in [0.5, 0.6) is 5.75 Å². The van der Waals surface area contributed by atoms with Gasteiger partial charge >= 0.3 is 6.18 Å². The van der Waals surface area contributed by atoms with Gasteiger partial charge in [0.1, 0.15) is 17.2 Å². The fraction of sp³-hybridized carbons (Fsp3) is 0.474. The Bertz CT molecular complexity index is 726. The second kappa shape index (κ2) is 10.1. The highest BCUT2D eigenvalue weighted by Crippen LogP contribution is 2.21. The Morgan fingerprint density at radius 1 is 1.36 bits per heavy atom. The number of aliphatic imine (C=N–C) groups is 1. The zero-order valence-corrected chi connectivity index (χ0v) is 15.7. The van der Waals surface area contributed by atoms with E-state index in [1.807, 2.05) is 0 Å². The molecule has 154 valence electrons.